The molecule has 0 radical (unpaired) electrons. The lowest BCUT2D eigenvalue weighted by Crippen LogP contribution is -2.50. The minimum absolute atomic E-state index is 0.0175. The molecule has 0 saturated carbocycles. The molecule has 2 aliphatic rings. The highest BCUT2D eigenvalue weighted by Gasteiger charge is 2.28. The molecule has 0 bridgehead atoms. The SMILES string of the molecule is NC(CC1C(N)=NCCN1Cc1c(Cl)ccc(F)c1Cl)=Nc1cccc(N2CCOCC2)c1. The molecule has 2 aromatic rings. The Bertz CT molecular complexity index is 1060. The summed E-state index contributed by atoms with van der Waals surface area (Å²) in [5.74, 6) is 0.387. The first-order valence-corrected chi connectivity index (χ1v) is 11.6. The van der Waals surface area contributed by atoms with Crippen molar-refractivity contribution < 1.29 is 9.13 Å². The Hall–Kier alpha value is -2.39. The molecule has 10 heteroatoms. The summed E-state index contributed by atoms with van der Waals surface area (Å²) in [6, 6.07) is 10.4. The number of aliphatic imine (C=N–C) groups is 2. The van der Waals surface area contributed by atoms with Gasteiger partial charge in [0.25, 0.3) is 0 Å². The second-order valence-electron chi connectivity index (χ2n) is 8.04. The molecule has 1 unspecified atom stereocenters. The topological polar surface area (TPSA) is 92.5 Å². The second-order valence-corrected chi connectivity index (χ2v) is 8.83. The van der Waals surface area contributed by atoms with Gasteiger partial charge in [0.2, 0.25) is 0 Å². The zero-order chi connectivity index (χ0) is 23.4. The maximum atomic E-state index is 14.0. The second kappa shape index (κ2) is 10.7. The minimum Gasteiger partial charge on any atom is -0.387 e. The van der Waals surface area contributed by atoms with E-state index >= 15 is 0 Å². The molecule has 0 aliphatic carbocycles. The van der Waals surface area contributed by atoms with E-state index < -0.39 is 5.82 Å². The number of nitrogens with two attached hydrogens (primary N) is 2. The number of halogens is 3. The summed E-state index contributed by atoms with van der Waals surface area (Å²) in [6.45, 7) is 4.60. The van der Waals surface area contributed by atoms with E-state index in [1.54, 1.807) is 0 Å². The molecule has 1 saturated heterocycles. The van der Waals surface area contributed by atoms with Gasteiger partial charge in [0.15, 0.2) is 0 Å². The quantitative estimate of drug-likeness (QED) is 0.365. The van der Waals surface area contributed by atoms with E-state index in [1.807, 2.05) is 18.2 Å². The molecule has 7 nitrogen and oxygen atoms in total. The Morgan fingerprint density at radius 1 is 1.18 bits per heavy atom. The smallest absolute Gasteiger partial charge is 0.142 e. The zero-order valence-electron chi connectivity index (χ0n) is 18.2. The predicted molar refractivity (Wildman–Crippen MR) is 132 cm³/mol. The molecule has 0 spiro atoms. The van der Waals surface area contributed by atoms with Gasteiger partial charge in [-0.15, -0.1) is 0 Å². The Labute approximate surface area is 202 Å². The number of anilines is 1. The Morgan fingerprint density at radius 3 is 2.76 bits per heavy atom. The van der Waals surface area contributed by atoms with Crippen LogP contribution < -0.4 is 16.4 Å². The highest BCUT2D eigenvalue weighted by molar-refractivity contribution is 6.36. The summed E-state index contributed by atoms with van der Waals surface area (Å²) in [6.07, 6.45) is 0.377. The van der Waals surface area contributed by atoms with Crippen LogP contribution >= 0.6 is 23.2 Å². The van der Waals surface area contributed by atoms with Crippen LogP contribution in [0.3, 0.4) is 0 Å². The molecule has 4 rings (SSSR count). The van der Waals surface area contributed by atoms with Crippen LogP contribution in [0.2, 0.25) is 10.0 Å². The van der Waals surface area contributed by atoms with Crippen LogP contribution in [0.1, 0.15) is 12.0 Å². The van der Waals surface area contributed by atoms with E-state index in [0.717, 1.165) is 24.5 Å². The van der Waals surface area contributed by atoms with Crippen molar-refractivity contribution >= 4 is 46.2 Å². The number of rotatable bonds is 6. The van der Waals surface area contributed by atoms with Crippen LogP contribution in [0.5, 0.6) is 0 Å². The first-order valence-electron chi connectivity index (χ1n) is 10.8. The maximum Gasteiger partial charge on any atom is 0.142 e. The maximum absolute atomic E-state index is 14.0. The lowest BCUT2D eigenvalue weighted by atomic mass is 10.1. The summed E-state index contributed by atoms with van der Waals surface area (Å²) in [4.78, 5) is 13.3. The number of morpholine rings is 1. The molecule has 0 aromatic heterocycles. The highest BCUT2D eigenvalue weighted by Crippen LogP contribution is 2.30. The van der Waals surface area contributed by atoms with Crippen molar-refractivity contribution in [3.8, 4) is 0 Å². The van der Waals surface area contributed by atoms with E-state index in [2.05, 4.69) is 25.9 Å². The number of ether oxygens (including phenoxy) is 1. The largest absolute Gasteiger partial charge is 0.387 e. The molecule has 2 aliphatic heterocycles. The van der Waals surface area contributed by atoms with Gasteiger partial charge in [0.05, 0.1) is 36.5 Å². The van der Waals surface area contributed by atoms with Gasteiger partial charge in [0.1, 0.15) is 17.5 Å². The van der Waals surface area contributed by atoms with Gasteiger partial charge in [-0.1, -0.05) is 29.3 Å². The van der Waals surface area contributed by atoms with E-state index in [4.69, 9.17) is 39.4 Å². The lowest BCUT2D eigenvalue weighted by Gasteiger charge is -2.34. The van der Waals surface area contributed by atoms with E-state index in [9.17, 15) is 4.39 Å². The fourth-order valence-electron chi connectivity index (χ4n) is 4.09. The van der Waals surface area contributed by atoms with Crippen LogP contribution in [-0.2, 0) is 11.3 Å². The number of hydrogen-bond acceptors (Lipinski definition) is 6. The van der Waals surface area contributed by atoms with Crippen LogP contribution in [0, 0.1) is 5.82 Å². The molecule has 4 N–H and O–H groups in total. The van der Waals surface area contributed by atoms with Gasteiger partial charge >= 0.3 is 0 Å². The van der Waals surface area contributed by atoms with Crippen LogP contribution in [0.15, 0.2) is 46.4 Å². The zero-order valence-corrected chi connectivity index (χ0v) is 19.7. The lowest BCUT2D eigenvalue weighted by molar-refractivity contribution is 0.122. The Morgan fingerprint density at radius 2 is 1.97 bits per heavy atom. The van der Waals surface area contributed by atoms with Crippen molar-refractivity contribution in [2.75, 3.05) is 44.3 Å². The van der Waals surface area contributed by atoms with Gasteiger partial charge in [-0.05, 0) is 30.3 Å². The van der Waals surface area contributed by atoms with Gasteiger partial charge in [-0.25, -0.2) is 9.38 Å². The fourth-order valence-corrected chi connectivity index (χ4v) is 4.58. The molecule has 1 atom stereocenters. The summed E-state index contributed by atoms with van der Waals surface area (Å²) in [5.41, 5.74) is 14.9. The van der Waals surface area contributed by atoms with E-state index in [-0.39, 0.29) is 11.1 Å². The highest BCUT2D eigenvalue weighted by atomic mass is 35.5. The van der Waals surface area contributed by atoms with Crippen molar-refractivity contribution in [2.24, 2.45) is 21.5 Å². The van der Waals surface area contributed by atoms with Crippen molar-refractivity contribution in [3.63, 3.8) is 0 Å². The standard InChI is InChI=1S/C23H27Cl2FN6O/c24-18-4-5-19(26)22(25)17(18)14-32-7-6-29-23(28)20(32)13-21(27)30-15-2-1-3-16(12-15)31-8-10-33-11-9-31/h1-5,12,20H,6-11,13-14H2,(H2,27,30)(H2,28,29). The fraction of sp³-hybridized carbons (Fsp3) is 0.391. The third-order valence-electron chi connectivity index (χ3n) is 5.85. The van der Waals surface area contributed by atoms with Crippen molar-refractivity contribution in [1.29, 1.82) is 0 Å². The minimum atomic E-state index is -0.507. The number of hydrogen-bond donors (Lipinski definition) is 2. The van der Waals surface area contributed by atoms with Gasteiger partial charge in [-0.3, -0.25) is 9.89 Å². The Kier molecular flexibility index (Phi) is 7.70. The number of amidine groups is 2. The summed E-state index contributed by atoms with van der Waals surface area (Å²) in [5, 5.41) is 0.423. The van der Waals surface area contributed by atoms with Crippen LogP contribution in [0.4, 0.5) is 15.8 Å². The third-order valence-corrected chi connectivity index (χ3v) is 6.61. The average Bonchev–Trinajstić information content (AvgIpc) is 2.82. The van der Waals surface area contributed by atoms with Crippen molar-refractivity contribution in [3.05, 3.63) is 57.8 Å². The Balaban J connectivity index is 1.51. The normalized spacial score (nSPS) is 20.1. The molecule has 2 heterocycles. The van der Waals surface area contributed by atoms with Crippen LogP contribution in [-0.4, -0.2) is 62.0 Å². The molecule has 1 fully saturated rings. The number of nitrogens with zero attached hydrogens (tertiary/aromatic N) is 4. The first kappa shape index (κ1) is 23.8. The number of benzene rings is 2. The summed E-state index contributed by atoms with van der Waals surface area (Å²) < 4.78 is 19.4. The molecule has 0 amide bonds. The molecule has 2 aromatic carbocycles. The van der Waals surface area contributed by atoms with E-state index in [1.165, 1.54) is 12.1 Å². The van der Waals surface area contributed by atoms with Gasteiger partial charge in [-0.2, -0.15) is 0 Å². The third kappa shape index (κ3) is 5.76. The van der Waals surface area contributed by atoms with Crippen molar-refractivity contribution in [1.82, 2.24) is 4.90 Å². The van der Waals surface area contributed by atoms with E-state index in [0.29, 0.717) is 61.5 Å². The molecular formula is C23H27Cl2FN6O. The summed E-state index contributed by atoms with van der Waals surface area (Å²) in [7, 11) is 0. The summed E-state index contributed by atoms with van der Waals surface area (Å²) >= 11 is 12.5. The monoisotopic (exact) mass is 492 g/mol. The van der Waals surface area contributed by atoms with Gasteiger partial charge < -0.3 is 21.1 Å². The average molecular weight is 493 g/mol. The molecule has 33 heavy (non-hydrogen) atoms. The van der Waals surface area contributed by atoms with Crippen molar-refractivity contribution in [2.45, 2.75) is 19.0 Å². The first-order chi connectivity index (χ1) is 15.9. The molecular weight excluding hydrogens is 466 g/mol. The van der Waals surface area contributed by atoms with Gasteiger partial charge in [0, 0.05) is 48.9 Å². The predicted octanol–water partition coefficient (Wildman–Crippen LogP) is 3.59. The van der Waals surface area contributed by atoms with Crippen LogP contribution in [0.25, 0.3) is 0 Å². The molecule has 176 valence electrons.